The van der Waals surface area contributed by atoms with Crippen molar-refractivity contribution in [3.8, 4) is 11.5 Å². The molecule has 1 aliphatic heterocycles. The fourth-order valence-corrected chi connectivity index (χ4v) is 5.02. The van der Waals surface area contributed by atoms with Gasteiger partial charge in [-0.25, -0.2) is 0 Å². The fourth-order valence-electron chi connectivity index (χ4n) is 5.02. The van der Waals surface area contributed by atoms with Gasteiger partial charge >= 0.3 is 0 Å². The maximum atomic E-state index is 12.7. The van der Waals surface area contributed by atoms with Gasteiger partial charge in [0.25, 0.3) is 0 Å². The van der Waals surface area contributed by atoms with Gasteiger partial charge in [-0.15, -0.1) is 0 Å². The summed E-state index contributed by atoms with van der Waals surface area (Å²) in [5.74, 6) is 2.07. The van der Waals surface area contributed by atoms with Crippen molar-refractivity contribution in [3.05, 3.63) is 89.7 Å². The molecule has 1 spiro atoms. The summed E-state index contributed by atoms with van der Waals surface area (Å²) >= 11 is 0. The lowest BCUT2D eigenvalue weighted by atomic mass is 9.90. The molecule has 5 heteroatoms. The topological polar surface area (TPSA) is 54.5 Å². The number of hydrogen-bond donors (Lipinski definition) is 1. The molecular formula is C28H31N3O2. The smallest absolute Gasteiger partial charge is 0.224 e. The van der Waals surface area contributed by atoms with E-state index in [1.807, 2.05) is 61.5 Å². The third-order valence-electron chi connectivity index (χ3n) is 7.03. The van der Waals surface area contributed by atoms with Gasteiger partial charge in [-0.2, -0.15) is 0 Å². The van der Waals surface area contributed by atoms with Crippen LogP contribution >= 0.6 is 0 Å². The van der Waals surface area contributed by atoms with Gasteiger partial charge in [-0.1, -0.05) is 36.4 Å². The summed E-state index contributed by atoms with van der Waals surface area (Å²) < 4.78 is 5.99. The summed E-state index contributed by atoms with van der Waals surface area (Å²) in [6.07, 6.45) is 3.20. The molecule has 1 aliphatic carbocycles. The number of piperidine rings is 1. The number of ether oxygens (including phenoxy) is 1. The Kier molecular flexibility index (Phi) is 6.14. The molecule has 5 rings (SSSR count). The maximum absolute atomic E-state index is 12.7. The molecule has 3 aromatic rings. The van der Waals surface area contributed by atoms with E-state index in [0.29, 0.717) is 6.54 Å². The molecule has 0 radical (unpaired) electrons. The highest BCUT2D eigenvalue weighted by atomic mass is 16.5. The third-order valence-corrected chi connectivity index (χ3v) is 7.03. The van der Waals surface area contributed by atoms with Crippen LogP contribution in [0.25, 0.3) is 0 Å². The SMILES string of the molecule is Cc1cccc(CNC(=O)C2CC23CCN(Cc2cccc(Oc4ccccc4)c2)CC3)n1. The second-order valence-electron chi connectivity index (χ2n) is 9.45. The number of likely N-dealkylation sites (tertiary alicyclic amines) is 1. The number of carbonyl (C=O) groups is 1. The van der Waals surface area contributed by atoms with Gasteiger partial charge in [-0.3, -0.25) is 14.7 Å². The zero-order valence-electron chi connectivity index (χ0n) is 19.2. The van der Waals surface area contributed by atoms with E-state index in [1.54, 1.807) is 0 Å². The molecule has 2 fully saturated rings. The number of benzene rings is 2. The molecule has 1 saturated heterocycles. The number of hydrogen-bond acceptors (Lipinski definition) is 4. The molecule has 1 aromatic heterocycles. The summed E-state index contributed by atoms with van der Waals surface area (Å²) in [4.78, 5) is 19.7. The Morgan fingerprint density at radius 2 is 1.79 bits per heavy atom. The van der Waals surface area contributed by atoms with Gasteiger partial charge in [-0.05, 0) is 86.7 Å². The molecule has 1 saturated carbocycles. The zero-order valence-corrected chi connectivity index (χ0v) is 19.2. The van der Waals surface area contributed by atoms with Crippen molar-refractivity contribution in [2.24, 2.45) is 11.3 Å². The highest BCUT2D eigenvalue weighted by Crippen LogP contribution is 2.59. The van der Waals surface area contributed by atoms with E-state index in [9.17, 15) is 4.79 Å². The Hall–Kier alpha value is -3.18. The standard InChI is InChI=1S/C28H31N3O2/c1-21-7-5-9-23(30-21)19-29-27(32)26-18-28(26)13-15-31(16-14-28)20-22-8-6-12-25(17-22)33-24-10-3-2-4-11-24/h2-12,17,26H,13-16,18-20H2,1H3,(H,29,32). The molecule has 2 aromatic carbocycles. The average molecular weight is 442 g/mol. The van der Waals surface area contributed by atoms with Crippen molar-refractivity contribution in [2.45, 2.75) is 39.3 Å². The number of nitrogens with zero attached hydrogens (tertiary/aromatic N) is 2. The quantitative estimate of drug-likeness (QED) is 0.554. The Morgan fingerprint density at radius 1 is 1.03 bits per heavy atom. The molecule has 1 N–H and O–H groups in total. The van der Waals surface area contributed by atoms with Gasteiger partial charge in [0.1, 0.15) is 11.5 Å². The molecular weight excluding hydrogens is 410 g/mol. The first-order valence-corrected chi connectivity index (χ1v) is 11.8. The Balaban J connectivity index is 1.10. The lowest BCUT2D eigenvalue weighted by Gasteiger charge is -2.32. The molecule has 1 unspecified atom stereocenters. The van der Waals surface area contributed by atoms with Gasteiger partial charge in [0.15, 0.2) is 0 Å². The van der Waals surface area contributed by atoms with Crippen LogP contribution in [0, 0.1) is 18.3 Å². The highest BCUT2D eigenvalue weighted by Gasteiger charge is 2.58. The lowest BCUT2D eigenvalue weighted by molar-refractivity contribution is -0.123. The van der Waals surface area contributed by atoms with Crippen molar-refractivity contribution in [2.75, 3.05) is 13.1 Å². The molecule has 0 bridgehead atoms. The first-order chi connectivity index (χ1) is 16.1. The maximum Gasteiger partial charge on any atom is 0.224 e. The summed E-state index contributed by atoms with van der Waals surface area (Å²) in [5.41, 5.74) is 3.37. The van der Waals surface area contributed by atoms with E-state index >= 15 is 0 Å². The number of aryl methyl sites for hydroxylation is 1. The van der Waals surface area contributed by atoms with E-state index in [-0.39, 0.29) is 17.2 Å². The number of para-hydroxylation sites is 1. The number of carbonyl (C=O) groups excluding carboxylic acids is 1. The van der Waals surface area contributed by atoms with E-state index in [0.717, 1.165) is 61.8 Å². The van der Waals surface area contributed by atoms with Crippen molar-refractivity contribution in [3.63, 3.8) is 0 Å². The summed E-state index contributed by atoms with van der Waals surface area (Å²) in [6.45, 7) is 5.47. The predicted molar refractivity (Wildman–Crippen MR) is 129 cm³/mol. The lowest BCUT2D eigenvalue weighted by Crippen LogP contribution is -2.36. The van der Waals surface area contributed by atoms with Crippen LogP contribution in [-0.4, -0.2) is 28.9 Å². The van der Waals surface area contributed by atoms with Gasteiger partial charge < -0.3 is 10.1 Å². The first-order valence-electron chi connectivity index (χ1n) is 11.8. The minimum atomic E-state index is 0.159. The van der Waals surface area contributed by atoms with Crippen LogP contribution in [0.3, 0.4) is 0 Å². The molecule has 2 aliphatic rings. The number of nitrogens with one attached hydrogen (secondary N) is 1. The van der Waals surface area contributed by atoms with E-state index in [4.69, 9.17) is 4.74 Å². The number of aromatic nitrogens is 1. The minimum Gasteiger partial charge on any atom is -0.457 e. The number of pyridine rings is 1. The predicted octanol–water partition coefficient (Wildman–Crippen LogP) is 5.10. The van der Waals surface area contributed by atoms with Crippen molar-refractivity contribution < 1.29 is 9.53 Å². The third kappa shape index (κ3) is 5.25. The minimum absolute atomic E-state index is 0.159. The number of amides is 1. The first kappa shape index (κ1) is 21.7. The molecule has 5 nitrogen and oxygen atoms in total. The van der Waals surface area contributed by atoms with Gasteiger partial charge in [0, 0.05) is 18.2 Å². The molecule has 1 atom stereocenters. The van der Waals surface area contributed by atoms with Crippen molar-refractivity contribution in [1.29, 1.82) is 0 Å². The van der Waals surface area contributed by atoms with Crippen LogP contribution in [0.2, 0.25) is 0 Å². The molecule has 1 amide bonds. The van der Waals surface area contributed by atoms with Crippen LogP contribution in [0.1, 0.15) is 36.2 Å². The Labute approximate surface area is 195 Å². The van der Waals surface area contributed by atoms with Crippen molar-refractivity contribution >= 4 is 5.91 Å². The van der Waals surface area contributed by atoms with Crippen LogP contribution in [0.4, 0.5) is 0 Å². The average Bonchev–Trinajstić information content (AvgIpc) is 3.54. The second-order valence-corrected chi connectivity index (χ2v) is 9.45. The molecule has 170 valence electrons. The largest absolute Gasteiger partial charge is 0.457 e. The van der Waals surface area contributed by atoms with Crippen LogP contribution in [-0.2, 0) is 17.9 Å². The monoisotopic (exact) mass is 441 g/mol. The Bertz CT molecular complexity index is 1110. The second kappa shape index (κ2) is 9.36. The summed E-state index contributed by atoms with van der Waals surface area (Å²) in [5, 5.41) is 3.11. The van der Waals surface area contributed by atoms with Crippen LogP contribution in [0.5, 0.6) is 11.5 Å². The summed E-state index contributed by atoms with van der Waals surface area (Å²) in [7, 11) is 0. The van der Waals surface area contributed by atoms with E-state index in [2.05, 4.69) is 33.4 Å². The van der Waals surface area contributed by atoms with E-state index < -0.39 is 0 Å². The Morgan fingerprint density at radius 3 is 2.58 bits per heavy atom. The van der Waals surface area contributed by atoms with Crippen LogP contribution < -0.4 is 10.1 Å². The van der Waals surface area contributed by atoms with Gasteiger partial charge in [0.05, 0.1) is 12.2 Å². The zero-order chi connectivity index (χ0) is 22.7. The molecule has 33 heavy (non-hydrogen) atoms. The number of rotatable bonds is 7. The normalized spacial score (nSPS) is 19.2. The fraction of sp³-hybridized carbons (Fsp3) is 0.357. The van der Waals surface area contributed by atoms with Crippen LogP contribution in [0.15, 0.2) is 72.8 Å². The van der Waals surface area contributed by atoms with Crippen molar-refractivity contribution in [1.82, 2.24) is 15.2 Å². The summed E-state index contributed by atoms with van der Waals surface area (Å²) in [6, 6.07) is 24.2. The highest BCUT2D eigenvalue weighted by molar-refractivity contribution is 5.82. The van der Waals surface area contributed by atoms with Gasteiger partial charge in [0.2, 0.25) is 5.91 Å². The molecule has 2 heterocycles. The van der Waals surface area contributed by atoms with E-state index in [1.165, 1.54) is 5.56 Å².